The third kappa shape index (κ3) is 5.03. The Hall–Kier alpha value is -2.54. The zero-order chi connectivity index (χ0) is 22.6. The first kappa shape index (κ1) is 22.3. The lowest BCUT2D eigenvalue weighted by Crippen LogP contribution is -2.47. The maximum Gasteiger partial charge on any atom is 0.199 e. The molecule has 3 aromatic rings. The van der Waals surface area contributed by atoms with Gasteiger partial charge in [0.2, 0.25) is 0 Å². The van der Waals surface area contributed by atoms with Crippen molar-refractivity contribution < 1.29 is 0 Å². The first-order valence-corrected chi connectivity index (χ1v) is 13.0. The van der Waals surface area contributed by atoms with Gasteiger partial charge in [-0.1, -0.05) is 25.3 Å². The molecule has 0 bridgehead atoms. The smallest absolute Gasteiger partial charge is 0.199 e. The zero-order valence-corrected chi connectivity index (χ0v) is 20.4. The van der Waals surface area contributed by atoms with Crippen LogP contribution in [0.25, 0.3) is 0 Å². The molecule has 0 atom stereocenters. The molecule has 5 rings (SSSR count). The number of thiophene rings is 1. The molecule has 0 spiro atoms. The fourth-order valence-corrected chi connectivity index (χ4v) is 5.98. The second kappa shape index (κ2) is 10.2. The van der Waals surface area contributed by atoms with Crippen LogP contribution in [0.5, 0.6) is 0 Å². The summed E-state index contributed by atoms with van der Waals surface area (Å²) >= 11 is 7.76. The Balaban J connectivity index is 1.30. The van der Waals surface area contributed by atoms with Crippen LogP contribution in [-0.2, 0) is 13.1 Å². The number of aromatic nitrogens is 4. The molecule has 3 aromatic heterocycles. The molecule has 0 unspecified atom stereocenters. The summed E-state index contributed by atoms with van der Waals surface area (Å²) in [7, 11) is 0. The van der Waals surface area contributed by atoms with Gasteiger partial charge >= 0.3 is 0 Å². The van der Waals surface area contributed by atoms with Crippen molar-refractivity contribution in [1.82, 2.24) is 24.2 Å². The van der Waals surface area contributed by atoms with Crippen LogP contribution in [-0.4, -0.2) is 50.4 Å². The average molecular weight is 480 g/mol. The third-order valence-electron chi connectivity index (χ3n) is 6.70. The fraction of sp³-hybridized carbons (Fsp3) is 0.500. The molecule has 9 heteroatoms. The van der Waals surface area contributed by atoms with E-state index in [2.05, 4.69) is 42.9 Å². The van der Waals surface area contributed by atoms with E-state index in [9.17, 15) is 0 Å². The molecular weight excluding hydrogens is 450 g/mol. The van der Waals surface area contributed by atoms with Gasteiger partial charge in [0.1, 0.15) is 11.6 Å². The highest BCUT2D eigenvalue weighted by molar-refractivity contribution is 7.71. The lowest BCUT2D eigenvalue weighted by Gasteiger charge is -2.35. The standard InChI is InChI=1S/C24H29N7S2/c25-17-19-8-9-26-22(15-19)29-12-10-28(11-13-29)18-30-24(32)31(20-5-2-1-3-6-20)23(27-30)16-21-7-4-14-33-21/h4,7-9,14-15,20H,1-3,5-6,10-13,16,18H2. The normalized spacial score (nSPS) is 17.8. The second-order valence-electron chi connectivity index (χ2n) is 8.88. The van der Waals surface area contributed by atoms with Gasteiger partial charge in [-0.3, -0.25) is 4.90 Å². The van der Waals surface area contributed by atoms with Crippen LogP contribution in [0.2, 0.25) is 0 Å². The predicted octanol–water partition coefficient (Wildman–Crippen LogP) is 4.62. The Morgan fingerprint density at radius 2 is 1.94 bits per heavy atom. The molecule has 172 valence electrons. The summed E-state index contributed by atoms with van der Waals surface area (Å²) in [5.41, 5.74) is 0.653. The van der Waals surface area contributed by atoms with Crippen molar-refractivity contribution in [3.8, 4) is 6.07 Å². The molecule has 2 fully saturated rings. The van der Waals surface area contributed by atoms with Crippen LogP contribution in [0.4, 0.5) is 5.82 Å². The Labute approximate surface area is 203 Å². The van der Waals surface area contributed by atoms with Crippen molar-refractivity contribution in [3.05, 3.63) is 56.9 Å². The highest BCUT2D eigenvalue weighted by Gasteiger charge is 2.24. The van der Waals surface area contributed by atoms with Crippen molar-refractivity contribution in [2.45, 2.75) is 51.2 Å². The summed E-state index contributed by atoms with van der Waals surface area (Å²) < 4.78 is 5.26. The molecule has 0 amide bonds. The third-order valence-corrected chi connectivity index (χ3v) is 7.98. The van der Waals surface area contributed by atoms with Gasteiger partial charge in [0.15, 0.2) is 4.77 Å². The number of piperazine rings is 1. The van der Waals surface area contributed by atoms with Gasteiger partial charge in [-0.25, -0.2) is 9.67 Å². The van der Waals surface area contributed by atoms with Crippen LogP contribution >= 0.6 is 23.6 Å². The number of hydrogen-bond acceptors (Lipinski definition) is 7. The number of rotatable bonds is 6. The quantitative estimate of drug-likeness (QED) is 0.481. The van der Waals surface area contributed by atoms with Gasteiger partial charge in [0.25, 0.3) is 0 Å². The predicted molar refractivity (Wildman–Crippen MR) is 133 cm³/mol. The molecule has 1 aliphatic heterocycles. The first-order valence-electron chi connectivity index (χ1n) is 11.8. The maximum atomic E-state index is 9.17. The van der Waals surface area contributed by atoms with Crippen molar-refractivity contribution in [2.24, 2.45) is 0 Å². The second-order valence-corrected chi connectivity index (χ2v) is 10.3. The summed E-state index contributed by atoms with van der Waals surface area (Å²) in [6, 6.07) is 10.6. The summed E-state index contributed by atoms with van der Waals surface area (Å²) in [6.07, 6.45) is 8.84. The summed E-state index contributed by atoms with van der Waals surface area (Å²) in [6.45, 7) is 4.30. The molecule has 0 radical (unpaired) electrons. The van der Waals surface area contributed by atoms with Gasteiger partial charge in [-0.05, 0) is 48.6 Å². The molecule has 1 saturated heterocycles. The summed E-state index contributed by atoms with van der Waals surface area (Å²) in [4.78, 5) is 10.4. The minimum Gasteiger partial charge on any atom is -0.354 e. The Morgan fingerprint density at radius 1 is 1.12 bits per heavy atom. The maximum absolute atomic E-state index is 9.17. The molecule has 1 saturated carbocycles. The zero-order valence-electron chi connectivity index (χ0n) is 18.8. The molecule has 7 nitrogen and oxygen atoms in total. The van der Waals surface area contributed by atoms with Gasteiger partial charge in [-0.15, -0.1) is 11.3 Å². The summed E-state index contributed by atoms with van der Waals surface area (Å²) in [5, 5.41) is 16.3. The van der Waals surface area contributed by atoms with Gasteiger partial charge in [0.05, 0.1) is 18.3 Å². The fourth-order valence-electron chi connectivity index (χ4n) is 4.92. The van der Waals surface area contributed by atoms with Gasteiger partial charge < -0.3 is 9.47 Å². The van der Waals surface area contributed by atoms with E-state index < -0.39 is 0 Å². The van der Waals surface area contributed by atoms with Crippen LogP contribution < -0.4 is 4.90 Å². The van der Waals surface area contributed by atoms with Gasteiger partial charge in [-0.2, -0.15) is 10.4 Å². The van der Waals surface area contributed by atoms with Crippen LogP contribution in [0.15, 0.2) is 35.8 Å². The van der Waals surface area contributed by atoms with Crippen LogP contribution in [0, 0.1) is 16.1 Å². The largest absolute Gasteiger partial charge is 0.354 e. The van der Waals surface area contributed by atoms with Crippen molar-refractivity contribution in [3.63, 3.8) is 0 Å². The van der Waals surface area contributed by atoms with Gasteiger partial charge in [0, 0.05) is 49.7 Å². The highest BCUT2D eigenvalue weighted by Crippen LogP contribution is 2.30. The van der Waals surface area contributed by atoms with Crippen molar-refractivity contribution in [1.29, 1.82) is 5.26 Å². The van der Waals surface area contributed by atoms with E-state index in [1.165, 1.54) is 37.0 Å². The lowest BCUT2D eigenvalue weighted by atomic mass is 9.95. The van der Waals surface area contributed by atoms with Crippen molar-refractivity contribution in [2.75, 3.05) is 31.1 Å². The van der Waals surface area contributed by atoms with E-state index >= 15 is 0 Å². The number of nitrogens with zero attached hydrogens (tertiary/aromatic N) is 7. The average Bonchev–Trinajstić information content (AvgIpc) is 3.48. The number of nitriles is 1. The number of hydrogen-bond donors (Lipinski definition) is 0. The Kier molecular flexibility index (Phi) is 6.85. The van der Waals surface area contributed by atoms with E-state index in [1.54, 1.807) is 23.6 Å². The SMILES string of the molecule is N#Cc1ccnc(N2CCN(Cn3nc(Cc4cccs4)n(C4CCCCC4)c3=S)CC2)c1. The molecule has 1 aliphatic carbocycles. The Morgan fingerprint density at radius 3 is 2.67 bits per heavy atom. The molecule has 4 heterocycles. The molecule has 0 N–H and O–H groups in total. The van der Waals surface area contributed by atoms with Crippen LogP contribution in [0.1, 0.15) is 54.4 Å². The van der Waals surface area contributed by atoms with E-state index in [4.69, 9.17) is 22.6 Å². The van der Waals surface area contributed by atoms with Crippen molar-refractivity contribution >= 4 is 29.4 Å². The minimum atomic E-state index is 0.477. The first-order chi connectivity index (χ1) is 16.2. The summed E-state index contributed by atoms with van der Waals surface area (Å²) in [5.74, 6) is 1.98. The highest BCUT2D eigenvalue weighted by atomic mass is 32.1. The monoisotopic (exact) mass is 479 g/mol. The molecule has 33 heavy (non-hydrogen) atoms. The number of anilines is 1. The number of pyridine rings is 1. The van der Waals surface area contributed by atoms with E-state index in [1.807, 2.05) is 10.7 Å². The van der Waals surface area contributed by atoms with E-state index in [0.717, 1.165) is 55.7 Å². The van der Waals surface area contributed by atoms with Crippen LogP contribution in [0.3, 0.4) is 0 Å². The van der Waals surface area contributed by atoms with E-state index in [0.29, 0.717) is 11.6 Å². The lowest BCUT2D eigenvalue weighted by molar-refractivity contribution is 0.193. The minimum absolute atomic E-state index is 0.477. The molecule has 0 aromatic carbocycles. The van der Waals surface area contributed by atoms with E-state index in [-0.39, 0.29) is 0 Å². The Bertz CT molecular complexity index is 1160. The molecular formula is C24H29N7S2. The molecule has 2 aliphatic rings. The topological polar surface area (TPSA) is 65.9 Å².